The van der Waals surface area contributed by atoms with Crippen LogP contribution in [-0.4, -0.2) is 44.1 Å². The highest BCUT2D eigenvalue weighted by Crippen LogP contribution is 2.33. The summed E-state index contributed by atoms with van der Waals surface area (Å²) >= 11 is 3.31. The van der Waals surface area contributed by atoms with Crippen molar-refractivity contribution in [2.45, 2.75) is 36.6 Å². The molecule has 1 fully saturated rings. The highest BCUT2D eigenvalue weighted by atomic mass is 79.9. The van der Waals surface area contributed by atoms with E-state index in [2.05, 4.69) is 15.9 Å². The zero-order valence-electron chi connectivity index (χ0n) is 12.0. The van der Waals surface area contributed by atoms with Crippen molar-refractivity contribution in [3.8, 4) is 5.75 Å². The molecule has 118 valence electrons. The number of aliphatic hydroxyl groups excluding tert-OH is 1. The van der Waals surface area contributed by atoms with Crippen LogP contribution in [0.4, 0.5) is 0 Å². The molecule has 1 unspecified atom stereocenters. The summed E-state index contributed by atoms with van der Waals surface area (Å²) in [5.41, 5.74) is 0. The molecule has 0 spiro atoms. The Kier molecular flexibility index (Phi) is 5.65. The van der Waals surface area contributed by atoms with Crippen LogP contribution in [0.15, 0.2) is 27.6 Å². The number of nitrogens with zero attached hydrogens (tertiary/aromatic N) is 1. The minimum atomic E-state index is -3.63. The zero-order valence-corrected chi connectivity index (χ0v) is 14.4. The van der Waals surface area contributed by atoms with Gasteiger partial charge in [-0.25, -0.2) is 8.42 Å². The number of benzene rings is 1. The number of methoxy groups -OCH3 is 1. The third-order valence-electron chi connectivity index (χ3n) is 3.75. The van der Waals surface area contributed by atoms with Gasteiger partial charge in [-0.2, -0.15) is 4.31 Å². The molecule has 0 bridgehead atoms. The first-order chi connectivity index (χ1) is 10.0. The number of ether oxygens (including phenoxy) is 1. The van der Waals surface area contributed by atoms with E-state index >= 15 is 0 Å². The molecule has 1 N–H and O–H groups in total. The van der Waals surface area contributed by atoms with E-state index in [1.54, 1.807) is 18.2 Å². The molecule has 1 heterocycles. The lowest BCUT2D eigenvalue weighted by atomic mass is 10.0. The average Bonchev–Trinajstić information content (AvgIpc) is 2.48. The van der Waals surface area contributed by atoms with Crippen LogP contribution < -0.4 is 4.74 Å². The molecular formula is C14H20BrNO4S. The van der Waals surface area contributed by atoms with Gasteiger partial charge in [-0.1, -0.05) is 22.4 Å². The first kappa shape index (κ1) is 16.7. The molecule has 0 aliphatic carbocycles. The Morgan fingerprint density at radius 1 is 1.43 bits per heavy atom. The summed E-state index contributed by atoms with van der Waals surface area (Å²) in [5, 5.41) is 9.16. The number of sulfonamides is 1. The average molecular weight is 378 g/mol. The molecular weight excluding hydrogens is 358 g/mol. The fourth-order valence-corrected chi connectivity index (χ4v) is 5.13. The third kappa shape index (κ3) is 3.59. The van der Waals surface area contributed by atoms with Crippen molar-refractivity contribution in [1.82, 2.24) is 4.31 Å². The summed E-state index contributed by atoms with van der Waals surface area (Å²) in [6.45, 7) is 0.481. The zero-order chi connectivity index (χ0) is 15.5. The standard InChI is InChI=1S/C14H20BrNO4S/c1-20-13-6-5-11(15)10-14(13)21(18,19)16-8-3-2-4-12(16)7-9-17/h5-6,10,12,17H,2-4,7-9H2,1H3. The normalized spacial score (nSPS) is 20.4. The van der Waals surface area contributed by atoms with E-state index < -0.39 is 10.0 Å². The van der Waals surface area contributed by atoms with Crippen molar-refractivity contribution in [3.63, 3.8) is 0 Å². The van der Waals surface area contributed by atoms with Crippen molar-refractivity contribution in [2.24, 2.45) is 0 Å². The van der Waals surface area contributed by atoms with E-state index in [0.717, 1.165) is 19.3 Å². The van der Waals surface area contributed by atoms with E-state index in [0.29, 0.717) is 23.2 Å². The monoisotopic (exact) mass is 377 g/mol. The second-order valence-electron chi connectivity index (χ2n) is 5.07. The van der Waals surface area contributed by atoms with Crippen LogP contribution in [0.25, 0.3) is 0 Å². The Balaban J connectivity index is 2.42. The van der Waals surface area contributed by atoms with Crippen LogP contribution in [0.1, 0.15) is 25.7 Å². The summed E-state index contributed by atoms with van der Waals surface area (Å²) in [5.74, 6) is 0.339. The Morgan fingerprint density at radius 2 is 2.19 bits per heavy atom. The van der Waals surface area contributed by atoms with Crippen molar-refractivity contribution in [2.75, 3.05) is 20.3 Å². The molecule has 1 aromatic carbocycles. The van der Waals surface area contributed by atoms with E-state index in [1.165, 1.54) is 11.4 Å². The summed E-state index contributed by atoms with van der Waals surface area (Å²) in [6, 6.07) is 4.82. The van der Waals surface area contributed by atoms with Gasteiger partial charge in [0.25, 0.3) is 0 Å². The predicted octanol–water partition coefficient (Wildman–Crippen LogP) is 2.38. The Bertz CT molecular complexity index is 589. The van der Waals surface area contributed by atoms with E-state index in [1.807, 2.05) is 0 Å². The quantitative estimate of drug-likeness (QED) is 0.855. The molecule has 0 amide bonds. The van der Waals surface area contributed by atoms with Crippen LogP contribution in [0.3, 0.4) is 0 Å². The number of rotatable bonds is 5. The minimum Gasteiger partial charge on any atom is -0.495 e. The van der Waals surface area contributed by atoms with E-state index in [9.17, 15) is 8.42 Å². The Labute approximate surface area is 134 Å². The van der Waals surface area contributed by atoms with Crippen molar-refractivity contribution in [1.29, 1.82) is 0 Å². The first-order valence-corrected chi connectivity index (χ1v) is 9.20. The highest BCUT2D eigenvalue weighted by molar-refractivity contribution is 9.10. The molecule has 5 nitrogen and oxygen atoms in total. The lowest BCUT2D eigenvalue weighted by Gasteiger charge is -2.34. The predicted molar refractivity (Wildman–Crippen MR) is 83.9 cm³/mol. The van der Waals surface area contributed by atoms with E-state index in [-0.39, 0.29) is 17.5 Å². The largest absolute Gasteiger partial charge is 0.495 e. The van der Waals surface area contributed by atoms with Gasteiger partial charge in [0, 0.05) is 23.7 Å². The maximum absolute atomic E-state index is 12.9. The molecule has 0 aromatic heterocycles. The lowest BCUT2D eigenvalue weighted by molar-refractivity contribution is 0.192. The smallest absolute Gasteiger partial charge is 0.247 e. The molecule has 1 atom stereocenters. The molecule has 21 heavy (non-hydrogen) atoms. The van der Waals surface area contributed by atoms with Gasteiger partial charge in [0.15, 0.2) is 0 Å². The highest BCUT2D eigenvalue weighted by Gasteiger charge is 2.34. The molecule has 1 saturated heterocycles. The van der Waals surface area contributed by atoms with Gasteiger partial charge < -0.3 is 9.84 Å². The number of piperidine rings is 1. The lowest BCUT2D eigenvalue weighted by Crippen LogP contribution is -2.44. The molecule has 2 rings (SSSR count). The first-order valence-electron chi connectivity index (χ1n) is 6.97. The Morgan fingerprint density at radius 3 is 2.86 bits per heavy atom. The summed E-state index contributed by atoms with van der Waals surface area (Å²) in [4.78, 5) is 0.171. The van der Waals surface area contributed by atoms with Crippen LogP contribution >= 0.6 is 15.9 Å². The van der Waals surface area contributed by atoms with Gasteiger partial charge in [-0.05, 0) is 37.5 Å². The summed E-state index contributed by atoms with van der Waals surface area (Å²) in [7, 11) is -2.17. The fraction of sp³-hybridized carbons (Fsp3) is 0.571. The van der Waals surface area contributed by atoms with Crippen molar-refractivity contribution < 1.29 is 18.3 Å². The van der Waals surface area contributed by atoms with Crippen molar-refractivity contribution >= 4 is 26.0 Å². The van der Waals surface area contributed by atoms with Crippen LogP contribution in [0, 0.1) is 0 Å². The molecule has 1 aliphatic rings. The molecule has 0 radical (unpaired) electrons. The van der Waals surface area contributed by atoms with Gasteiger partial charge in [0.05, 0.1) is 7.11 Å². The second-order valence-corrected chi connectivity index (χ2v) is 7.85. The molecule has 1 aliphatic heterocycles. The van der Waals surface area contributed by atoms with E-state index in [4.69, 9.17) is 9.84 Å². The van der Waals surface area contributed by atoms with Crippen LogP contribution in [0.5, 0.6) is 5.75 Å². The van der Waals surface area contributed by atoms with Crippen molar-refractivity contribution in [3.05, 3.63) is 22.7 Å². The van der Waals surface area contributed by atoms with Gasteiger partial charge in [0.1, 0.15) is 10.6 Å². The number of halogens is 1. The maximum Gasteiger partial charge on any atom is 0.247 e. The van der Waals surface area contributed by atoms with Gasteiger partial charge >= 0.3 is 0 Å². The topological polar surface area (TPSA) is 66.8 Å². The fourth-order valence-electron chi connectivity index (χ4n) is 2.71. The third-order valence-corrected chi connectivity index (χ3v) is 6.21. The SMILES string of the molecule is COc1ccc(Br)cc1S(=O)(=O)N1CCCCC1CCO. The molecule has 7 heteroatoms. The molecule has 1 aromatic rings. The van der Waals surface area contributed by atoms with Crippen LogP contribution in [0.2, 0.25) is 0 Å². The number of aliphatic hydroxyl groups is 1. The van der Waals surface area contributed by atoms with Gasteiger partial charge in [-0.15, -0.1) is 0 Å². The molecule has 0 saturated carbocycles. The number of hydrogen-bond donors (Lipinski definition) is 1. The number of hydrogen-bond acceptors (Lipinski definition) is 4. The van der Waals surface area contributed by atoms with Gasteiger partial charge in [-0.3, -0.25) is 0 Å². The summed E-state index contributed by atoms with van der Waals surface area (Å²) < 4.78 is 33.3. The maximum atomic E-state index is 12.9. The Hall–Kier alpha value is -0.630. The second kappa shape index (κ2) is 7.09. The minimum absolute atomic E-state index is 0.00763. The summed E-state index contributed by atoms with van der Waals surface area (Å²) in [6.07, 6.45) is 3.09. The van der Waals surface area contributed by atoms with Crippen LogP contribution in [-0.2, 0) is 10.0 Å². The van der Waals surface area contributed by atoms with Gasteiger partial charge in [0.2, 0.25) is 10.0 Å².